The summed E-state index contributed by atoms with van der Waals surface area (Å²) in [5.41, 5.74) is 4.17. The number of para-hydroxylation sites is 1. The molecule has 1 aromatic heterocycles. The number of carbonyl (C=O) groups is 2. The molecule has 3 rings (SSSR count). The van der Waals surface area contributed by atoms with Gasteiger partial charge in [-0.05, 0) is 50.1 Å². The number of ketones is 1. The number of aromatic nitrogens is 1. The molecule has 3 aromatic rings. The van der Waals surface area contributed by atoms with Crippen LogP contribution < -0.4 is 4.90 Å². The molecular weight excluding hydrogens is 352 g/mol. The highest BCUT2D eigenvalue weighted by atomic mass is 16.5. The fraction of sp³-hybridized carbons (Fsp3) is 0.304. The van der Waals surface area contributed by atoms with Crippen LogP contribution in [0.3, 0.4) is 0 Å². The SMILES string of the molecule is CCc1cccc2c(C(=O)COC(=O)c3ccc(N(CC)CC)cc3)c[nH]c12. The van der Waals surface area contributed by atoms with Crippen LogP contribution >= 0.6 is 0 Å². The Morgan fingerprint density at radius 3 is 2.36 bits per heavy atom. The van der Waals surface area contributed by atoms with Crippen LogP contribution in [0, 0.1) is 0 Å². The van der Waals surface area contributed by atoms with Gasteiger partial charge in [0.2, 0.25) is 5.78 Å². The van der Waals surface area contributed by atoms with Crippen LogP contribution in [0.4, 0.5) is 5.69 Å². The number of nitrogens with zero attached hydrogens (tertiary/aromatic N) is 1. The molecular formula is C23H26N2O3. The van der Waals surface area contributed by atoms with Crippen LogP contribution in [0.25, 0.3) is 10.9 Å². The molecule has 5 nitrogen and oxygen atoms in total. The van der Waals surface area contributed by atoms with Crippen molar-refractivity contribution < 1.29 is 14.3 Å². The Balaban J connectivity index is 1.67. The number of ether oxygens (including phenoxy) is 1. The molecule has 0 bridgehead atoms. The van der Waals surface area contributed by atoms with Crippen LogP contribution in [0.2, 0.25) is 0 Å². The number of aromatic amines is 1. The number of rotatable bonds is 8. The van der Waals surface area contributed by atoms with Gasteiger partial charge in [-0.1, -0.05) is 25.1 Å². The number of H-pyrrole nitrogens is 1. The second-order valence-electron chi connectivity index (χ2n) is 6.61. The fourth-order valence-electron chi connectivity index (χ4n) is 3.43. The van der Waals surface area contributed by atoms with E-state index < -0.39 is 5.97 Å². The van der Waals surface area contributed by atoms with Gasteiger partial charge in [0.25, 0.3) is 0 Å². The third-order valence-corrected chi connectivity index (χ3v) is 5.05. The molecule has 0 amide bonds. The largest absolute Gasteiger partial charge is 0.454 e. The van der Waals surface area contributed by atoms with Crippen LogP contribution in [-0.4, -0.2) is 36.4 Å². The molecule has 0 spiro atoms. The fourth-order valence-corrected chi connectivity index (χ4v) is 3.43. The lowest BCUT2D eigenvalue weighted by Gasteiger charge is -2.20. The van der Waals surface area contributed by atoms with Crippen molar-refractivity contribution in [3.05, 3.63) is 65.4 Å². The highest BCUT2D eigenvalue weighted by Gasteiger charge is 2.16. The summed E-state index contributed by atoms with van der Waals surface area (Å²) >= 11 is 0. The molecule has 0 atom stereocenters. The number of esters is 1. The topological polar surface area (TPSA) is 62.4 Å². The average Bonchev–Trinajstić information content (AvgIpc) is 3.17. The van der Waals surface area contributed by atoms with E-state index in [9.17, 15) is 9.59 Å². The first kappa shape index (κ1) is 19.7. The van der Waals surface area contributed by atoms with Gasteiger partial charge in [0.15, 0.2) is 6.61 Å². The van der Waals surface area contributed by atoms with Crippen molar-refractivity contribution in [3.8, 4) is 0 Å². The smallest absolute Gasteiger partial charge is 0.338 e. The van der Waals surface area contributed by atoms with Crippen molar-refractivity contribution in [1.82, 2.24) is 4.98 Å². The first-order valence-electron chi connectivity index (χ1n) is 9.73. The van der Waals surface area contributed by atoms with Crippen LogP contribution in [0.5, 0.6) is 0 Å². The number of nitrogens with one attached hydrogen (secondary N) is 1. The normalized spacial score (nSPS) is 10.8. The Hall–Kier alpha value is -3.08. The van der Waals surface area contributed by atoms with Gasteiger partial charge < -0.3 is 14.6 Å². The third kappa shape index (κ3) is 3.93. The first-order valence-corrected chi connectivity index (χ1v) is 9.73. The summed E-state index contributed by atoms with van der Waals surface area (Å²) in [5.74, 6) is -0.707. The lowest BCUT2D eigenvalue weighted by atomic mass is 10.1. The van der Waals surface area contributed by atoms with E-state index in [2.05, 4.69) is 30.7 Å². The molecule has 2 aromatic carbocycles. The minimum atomic E-state index is -0.492. The molecule has 0 fully saturated rings. The van der Waals surface area contributed by atoms with Crippen molar-refractivity contribution in [3.63, 3.8) is 0 Å². The van der Waals surface area contributed by atoms with E-state index in [0.717, 1.165) is 41.7 Å². The molecule has 28 heavy (non-hydrogen) atoms. The maximum Gasteiger partial charge on any atom is 0.338 e. The number of benzene rings is 2. The van der Waals surface area contributed by atoms with Crippen molar-refractivity contribution in [2.75, 3.05) is 24.6 Å². The molecule has 1 N–H and O–H groups in total. The van der Waals surface area contributed by atoms with Crippen LogP contribution in [-0.2, 0) is 11.2 Å². The number of Topliss-reactive ketones (excluding diaryl/α,β-unsaturated/α-hetero) is 1. The van der Waals surface area contributed by atoms with Crippen molar-refractivity contribution in [2.24, 2.45) is 0 Å². The Morgan fingerprint density at radius 1 is 1.00 bits per heavy atom. The van der Waals surface area contributed by atoms with Crippen molar-refractivity contribution in [2.45, 2.75) is 27.2 Å². The first-order chi connectivity index (χ1) is 13.6. The number of aryl methyl sites for hydroxylation is 1. The third-order valence-electron chi connectivity index (χ3n) is 5.05. The zero-order valence-electron chi connectivity index (χ0n) is 16.6. The van der Waals surface area contributed by atoms with Crippen molar-refractivity contribution >= 4 is 28.3 Å². The van der Waals surface area contributed by atoms with E-state index in [0.29, 0.717) is 11.1 Å². The summed E-state index contributed by atoms with van der Waals surface area (Å²) in [6.07, 6.45) is 2.57. The summed E-state index contributed by atoms with van der Waals surface area (Å²) in [7, 11) is 0. The second kappa shape index (κ2) is 8.74. The lowest BCUT2D eigenvalue weighted by molar-refractivity contribution is 0.0475. The molecule has 0 radical (unpaired) electrons. The van der Waals surface area contributed by atoms with E-state index in [1.165, 1.54) is 0 Å². The van der Waals surface area contributed by atoms with Gasteiger partial charge in [0.05, 0.1) is 5.56 Å². The van der Waals surface area contributed by atoms with Gasteiger partial charge in [-0.3, -0.25) is 4.79 Å². The molecule has 0 aliphatic rings. The highest BCUT2D eigenvalue weighted by molar-refractivity contribution is 6.09. The number of hydrogen-bond donors (Lipinski definition) is 1. The van der Waals surface area contributed by atoms with Gasteiger partial charge >= 0.3 is 5.97 Å². The minimum absolute atomic E-state index is 0.215. The summed E-state index contributed by atoms with van der Waals surface area (Å²) in [6.45, 7) is 7.78. The molecule has 5 heteroatoms. The van der Waals surface area contributed by atoms with Gasteiger partial charge in [0.1, 0.15) is 0 Å². The van der Waals surface area contributed by atoms with Gasteiger partial charge in [-0.2, -0.15) is 0 Å². The monoisotopic (exact) mass is 378 g/mol. The Kier molecular flexibility index (Phi) is 6.14. The number of carbonyl (C=O) groups excluding carboxylic acids is 2. The molecule has 0 aliphatic carbocycles. The van der Waals surface area contributed by atoms with Crippen molar-refractivity contribution in [1.29, 1.82) is 0 Å². The number of hydrogen-bond acceptors (Lipinski definition) is 4. The van der Waals surface area contributed by atoms with E-state index in [4.69, 9.17) is 4.74 Å². The predicted molar refractivity (Wildman–Crippen MR) is 112 cm³/mol. The zero-order valence-corrected chi connectivity index (χ0v) is 16.6. The summed E-state index contributed by atoms with van der Waals surface area (Å²) in [6, 6.07) is 13.2. The minimum Gasteiger partial charge on any atom is -0.454 e. The Morgan fingerprint density at radius 2 is 1.71 bits per heavy atom. The quantitative estimate of drug-likeness (QED) is 0.459. The Labute approximate surface area is 165 Å². The van der Waals surface area contributed by atoms with Crippen LogP contribution in [0.1, 0.15) is 47.1 Å². The summed E-state index contributed by atoms with van der Waals surface area (Å²) in [5, 5.41) is 0.865. The maximum atomic E-state index is 12.6. The molecule has 1 heterocycles. The van der Waals surface area contributed by atoms with E-state index in [1.54, 1.807) is 18.3 Å². The van der Waals surface area contributed by atoms with E-state index >= 15 is 0 Å². The summed E-state index contributed by atoms with van der Waals surface area (Å²) in [4.78, 5) is 30.2. The highest BCUT2D eigenvalue weighted by Crippen LogP contribution is 2.23. The zero-order chi connectivity index (χ0) is 20.1. The van der Waals surface area contributed by atoms with Gasteiger partial charge in [-0.25, -0.2) is 4.79 Å². The summed E-state index contributed by atoms with van der Waals surface area (Å²) < 4.78 is 5.26. The second-order valence-corrected chi connectivity index (χ2v) is 6.61. The number of fused-ring (bicyclic) bond motifs is 1. The predicted octanol–water partition coefficient (Wildman–Crippen LogP) is 4.62. The van der Waals surface area contributed by atoms with Crippen LogP contribution in [0.15, 0.2) is 48.7 Å². The van der Waals surface area contributed by atoms with Gasteiger partial charge in [-0.15, -0.1) is 0 Å². The van der Waals surface area contributed by atoms with Gasteiger partial charge in [0, 0.05) is 41.4 Å². The van der Waals surface area contributed by atoms with E-state index in [-0.39, 0.29) is 12.4 Å². The lowest BCUT2D eigenvalue weighted by Crippen LogP contribution is -2.21. The Bertz CT molecular complexity index is 969. The standard InChI is InChI=1S/C23H26N2O3/c1-4-16-8-7-9-19-20(14-24-22(16)19)21(26)15-28-23(27)17-10-12-18(13-11-17)25(5-2)6-3/h7-14,24H,4-6,15H2,1-3H3. The van der Waals surface area contributed by atoms with E-state index in [1.807, 2.05) is 30.3 Å². The maximum absolute atomic E-state index is 12.6. The molecule has 0 unspecified atom stereocenters. The average molecular weight is 378 g/mol. The number of anilines is 1. The molecule has 0 saturated carbocycles. The molecule has 146 valence electrons. The molecule has 0 saturated heterocycles. The molecule has 0 aliphatic heterocycles.